The average Bonchev–Trinajstić information content (AvgIpc) is 1.88. The van der Waals surface area contributed by atoms with E-state index in [4.69, 9.17) is 0 Å². The summed E-state index contributed by atoms with van der Waals surface area (Å²) in [6.45, 7) is 2.09. The number of allylic oxidation sites excluding steroid dienone is 1. The minimum atomic E-state index is 0.0634. The maximum Gasteiger partial charge on any atom is 0.245 e. The lowest BCUT2D eigenvalue weighted by Gasteiger charge is -2.04. The molecule has 0 heterocycles. The van der Waals surface area contributed by atoms with E-state index in [1.54, 1.807) is 25.1 Å². The Morgan fingerprint density at radius 3 is 2.50 bits per heavy atom. The Hall–Kier alpha value is -0.790. The molecule has 0 aliphatic heterocycles. The summed E-state index contributed by atoms with van der Waals surface area (Å²) in [5.74, 6) is 0.0634. The second-order valence-electron chi connectivity index (χ2n) is 2.42. The van der Waals surface area contributed by atoms with Crippen LogP contribution in [0.3, 0.4) is 0 Å². The van der Waals surface area contributed by atoms with Crippen LogP contribution in [0.5, 0.6) is 0 Å². The minimum absolute atomic E-state index is 0.0634. The van der Waals surface area contributed by atoms with Crippen LogP contribution in [0.4, 0.5) is 0 Å². The van der Waals surface area contributed by atoms with Crippen LogP contribution in [0, 0.1) is 0 Å². The summed E-state index contributed by atoms with van der Waals surface area (Å²) >= 11 is 0. The van der Waals surface area contributed by atoms with E-state index in [9.17, 15) is 4.79 Å². The summed E-state index contributed by atoms with van der Waals surface area (Å²) in [6, 6.07) is 0. The van der Waals surface area contributed by atoms with Crippen molar-refractivity contribution >= 4 is 5.91 Å². The maximum absolute atomic E-state index is 10.9. The standard InChI is InChI=1S/C8H15NO/c1-4-5-6-7-8(10)9(2)3/h6-7H,4-5H2,1-3H3/b7-6+. The van der Waals surface area contributed by atoms with Crippen LogP contribution in [0.25, 0.3) is 0 Å². The third-order valence-electron chi connectivity index (χ3n) is 1.16. The van der Waals surface area contributed by atoms with Crippen LogP contribution >= 0.6 is 0 Å². The number of rotatable bonds is 3. The van der Waals surface area contributed by atoms with Gasteiger partial charge in [-0.05, 0) is 12.5 Å². The number of unbranched alkanes of at least 4 members (excludes halogenated alkanes) is 1. The van der Waals surface area contributed by atoms with Gasteiger partial charge in [-0.1, -0.05) is 19.4 Å². The zero-order valence-electron chi connectivity index (χ0n) is 6.92. The molecular weight excluding hydrogens is 126 g/mol. The van der Waals surface area contributed by atoms with Gasteiger partial charge < -0.3 is 4.90 Å². The highest BCUT2D eigenvalue weighted by Crippen LogP contribution is 1.89. The molecule has 0 aromatic carbocycles. The largest absolute Gasteiger partial charge is 0.345 e. The Kier molecular flexibility index (Phi) is 4.63. The average molecular weight is 141 g/mol. The van der Waals surface area contributed by atoms with Crippen molar-refractivity contribution in [1.29, 1.82) is 0 Å². The first-order valence-corrected chi connectivity index (χ1v) is 3.56. The van der Waals surface area contributed by atoms with Crippen molar-refractivity contribution in [3.63, 3.8) is 0 Å². The fourth-order valence-corrected chi connectivity index (χ4v) is 0.500. The van der Waals surface area contributed by atoms with Crippen LogP contribution in [-0.4, -0.2) is 24.9 Å². The highest BCUT2D eigenvalue weighted by Gasteiger charge is 1.94. The Balaban J connectivity index is 3.56. The zero-order chi connectivity index (χ0) is 7.98. The van der Waals surface area contributed by atoms with Gasteiger partial charge in [-0.25, -0.2) is 0 Å². The fraction of sp³-hybridized carbons (Fsp3) is 0.625. The first-order chi connectivity index (χ1) is 4.68. The molecule has 1 amide bonds. The number of carbonyl (C=O) groups excluding carboxylic acids is 1. The van der Waals surface area contributed by atoms with E-state index >= 15 is 0 Å². The van der Waals surface area contributed by atoms with E-state index in [2.05, 4.69) is 6.92 Å². The lowest BCUT2D eigenvalue weighted by atomic mass is 10.3. The molecule has 0 spiro atoms. The molecule has 0 bridgehead atoms. The molecule has 0 saturated heterocycles. The van der Waals surface area contributed by atoms with Gasteiger partial charge in [-0.3, -0.25) is 4.79 Å². The number of amides is 1. The quantitative estimate of drug-likeness (QED) is 0.544. The fourth-order valence-electron chi connectivity index (χ4n) is 0.500. The van der Waals surface area contributed by atoms with Crippen molar-refractivity contribution < 1.29 is 4.79 Å². The summed E-state index contributed by atoms with van der Waals surface area (Å²) < 4.78 is 0. The third-order valence-corrected chi connectivity index (χ3v) is 1.16. The van der Waals surface area contributed by atoms with Crippen LogP contribution in [-0.2, 0) is 4.79 Å². The van der Waals surface area contributed by atoms with Crippen LogP contribution in [0.1, 0.15) is 19.8 Å². The molecule has 0 fully saturated rings. The Labute approximate surface area is 62.5 Å². The van der Waals surface area contributed by atoms with Gasteiger partial charge in [0, 0.05) is 14.1 Å². The maximum atomic E-state index is 10.9. The number of hydrogen-bond acceptors (Lipinski definition) is 1. The molecule has 0 saturated carbocycles. The van der Waals surface area contributed by atoms with Crippen LogP contribution in [0.15, 0.2) is 12.2 Å². The first kappa shape index (κ1) is 9.21. The molecule has 2 heteroatoms. The van der Waals surface area contributed by atoms with Crippen molar-refractivity contribution in [1.82, 2.24) is 4.90 Å². The first-order valence-electron chi connectivity index (χ1n) is 3.56. The Morgan fingerprint density at radius 1 is 1.50 bits per heavy atom. The highest BCUT2D eigenvalue weighted by atomic mass is 16.2. The minimum Gasteiger partial charge on any atom is -0.345 e. The Morgan fingerprint density at radius 2 is 2.10 bits per heavy atom. The van der Waals surface area contributed by atoms with Crippen molar-refractivity contribution in [3.05, 3.63) is 12.2 Å². The van der Waals surface area contributed by atoms with Crippen molar-refractivity contribution in [3.8, 4) is 0 Å². The van der Waals surface area contributed by atoms with Crippen molar-refractivity contribution in [2.75, 3.05) is 14.1 Å². The number of likely N-dealkylation sites (N-methyl/N-ethyl adjacent to an activating group) is 1. The number of nitrogens with zero attached hydrogens (tertiary/aromatic N) is 1. The monoisotopic (exact) mass is 141 g/mol. The molecule has 2 nitrogen and oxygen atoms in total. The molecule has 10 heavy (non-hydrogen) atoms. The summed E-state index contributed by atoms with van der Waals surface area (Å²) in [4.78, 5) is 12.4. The molecule has 0 unspecified atom stereocenters. The number of carbonyl (C=O) groups is 1. The van der Waals surface area contributed by atoms with Gasteiger partial charge in [0.2, 0.25) is 5.91 Å². The second-order valence-corrected chi connectivity index (χ2v) is 2.42. The van der Waals surface area contributed by atoms with Gasteiger partial charge >= 0.3 is 0 Å². The van der Waals surface area contributed by atoms with Gasteiger partial charge in [-0.15, -0.1) is 0 Å². The van der Waals surface area contributed by atoms with Gasteiger partial charge in [0.25, 0.3) is 0 Å². The molecular formula is C8H15NO. The zero-order valence-corrected chi connectivity index (χ0v) is 6.92. The van der Waals surface area contributed by atoms with Gasteiger partial charge in [0.05, 0.1) is 0 Å². The van der Waals surface area contributed by atoms with E-state index < -0.39 is 0 Å². The summed E-state index contributed by atoms with van der Waals surface area (Å²) in [5.41, 5.74) is 0. The smallest absolute Gasteiger partial charge is 0.245 e. The predicted molar refractivity (Wildman–Crippen MR) is 42.7 cm³/mol. The van der Waals surface area contributed by atoms with Crippen molar-refractivity contribution in [2.45, 2.75) is 19.8 Å². The van der Waals surface area contributed by atoms with E-state index in [1.165, 1.54) is 0 Å². The van der Waals surface area contributed by atoms with E-state index in [-0.39, 0.29) is 5.91 Å². The molecule has 0 aromatic heterocycles. The van der Waals surface area contributed by atoms with Gasteiger partial charge in [-0.2, -0.15) is 0 Å². The topological polar surface area (TPSA) is 20.3 Å². The van der Waals surface area contributed by atoms with Gasteiger partial charge in [0.15, 0.2) is 0 Å². The molecule has 0 aromatic rings. The third kappa shape index (κ3) is 4.13. The molecule has 0 aliphatic carbocycles. The lowest BCUT2D eigenvalue weighted by molar-refractivity contribution is -0.123. The summed E-state index contributed by atoms with van der Waals surface area (Å²) in [7, 11) is 3.50. The summed E-state index contributed by atoms with van der Waals surface area (Å²) in [6.07, 6.45) is 5.60. The second kappa shape index (κ2) is 5.03. The molecule has 0 rings (SSSR count). The Bertz CT molecular complexity index is 127. The highest BCUT2D eigenvalue weighted by molar-refractivity contribution is 5.86. The van der Waals surface area contributed by atoms with E-state index in [1.807, 2.05) is 6.08 Å². The lowest BCUT2D eigenvalue weighted by Crippen LogP contribution is -2.18. The molecule has 58 valence electrons. The normalized spacial score (nSPS) is 10.3. The van der Waals surface area contributed by atoms with E-state index in [0.29, 0.717) is 0 Å². The summed E-state index contributed by atoms with van der Waals surface area (Å²) in [5, 5.41) is 0. The van der Waals surface area contributed by atoms with E-state index in [0.717, 1.165) is 12.8 Å². The van der Waals surface area contributed by atoms with Crippen LogP contribution < -0.4 is 0 Å². The molecule has 0 radical (unpaired) electrons. The van der Waals surface area contributed by atoms with Crippen molar-refractivity contribution in [2.24, 2.45) is 0 Å². The predicted octanol–water partition coefficient (Wildman–Crippen LogP) is 1.43. The SMILES string of the molecule is CCC/C=C/C(=O)N(C)C. The molecule has 0 atom stereocenters. The molecule has 0 N–H and O–H groups in total. The van der Waals surface area contributed by atoms with Crippen LogP contribution in [0.2, 0.25) is 0 Å². The number of hydrogen-bond donors (Lipinski definition) is 0. The molecule has 0 aliphatic rings. The van der Waals surface area contributed by atoms with Gasteiger partial charge in [0.1, 0.15) is 0 Å².